The van der Waals surface area contributed by atoms with Gasteiger partial charge in [0.25, 0.3) is 0 Å². The molecule has 2 unspecified atom stereocenters. The van der Waals surface area contributed by atoms with Crippen LogP contribution in [0.5, 0.6) is 0 Å². The average molecular weight is 174 g/mol. The lowest BCUT2D eigenvalue weighted by molar-refractivity contribution is -0.121. The second kappa shape index (κ2) is 3.97. The van der Waals surface area contributed by atoms with E-state index in [-0.39, 0.29) is 11.8 Å². The molecule has 64 valence electrons. The molecule has 0 aromatic carbocycles. The van der Waals surface area contributed by atoms with Crippen LogP contribution in [0.15, 0.2) is 0 Å². The molecule has 0 aromatic heterocycles. The maximum absolute atomic E-state index is 10.9. The third kappa shape index (κ3) is 2.10. The van der Waals surface area contributed by atoms with Crippen LogP contribution in [0.2, 0.25) is 0 Å². The number of amides is 1. The smallest absolute Gasteiger partial charge is 0.222 e. The third-order valence-corrected chi connectivity index (χ3v) is 3.10. The lowest BCUT2D eigenvalue weighted by Gasteiger charge is -2.15. The van der Waals surface area contributed by atoms with E-state index in [1.165, 1.54) is 0 Å². The SMILES string of the molecule is CCNC1CSCC1C(N)=O. The van der Waals surface area contributed by atoms with Crippen LogP contribution in [-0.4, -0.2) is 30.0 Å². The van der Waals surface area contributed by atoms with Gasteiger partial charge in [-0.15, -0.1) is 0 Å². The number of thioether (sulfide) groups is 1. The number of primary amides is 1. The molecule has 0 bridgehead atoms. The van der Waals surface area contributed by atoms with Gasteiger partial charge in [-0.05, 0) is 6.54 Å². The Labute approximate surface area is 71.1 Å². The van der Waals surface area contributed by atoms with E-state index in [9.17, 15) is 4.79 Å². The Morgan fingerprint density at radius 1 is 1.73 bits per heavy atom. The normalized spacial score (nSPS) is 30.6. The maximum atomic E-state index is 10.9. The van der Waals surface area contributed by atoms with Crippen LogP contribution in [0.25, 0.3) is 0 Å². The van der Waals surface area contributed by atoms with Crippen molar-refractivity contribution >= 4 is 17.7 Å². The van der Waals surface area contributed by atoms with Gasteiger partial charge >= 0.3 is 0 Å². The lowest BCUT2D eigenvalue weighted by atomic mass is 10.0. The molecule has 1 amide bonds. The number of hydrogen-bond acceptors (Lipinski definition) is 3. The van der Waals surface area contributed by atoms with Gasteiger partial charge in [-0.3, -0.25) is 4.79 Å². The van der Waals surface area contributed by atoms with Crippen molar-refractivity contribution in [2.24, 2.45) is 11.7 Å². The molecular formula is C7H14N2OS. The molecule has 1 heterocycles. The minimum absolute atomic E-state index is 0.0416. The standard InChI is InChI=1S/C7H14N2OS/c1-2-9-6-4-11-3-5(6)7(8)10/h5-6,9H,2-4H2,1H3,(H2,8,10). The van der Waals surface area contributed by atoms with E-state index in [1.807, 2.05) is 6.92 Å². The molecule has 1 aliphatic rings. The quantitative estimate of drug-likeness (QED) is 0.623. The predicted molar refractivity (Wildman–Crippen MR) is 47.5 cm³/mol. The second-order valence-electron chi connectivity index (χ2n) is 2.71. The Morgan fingerprint density at radius 2 is 2.45 bits per heavy atom. The van der Waals surface area contributed by atoms with Crippen molar-refractivity contribution in [1.82, 2.24) is 5.32 Å². The van der Waals surface area contributed by atoms with Gasteiger partial charge < -0.3 is 11.1 Å². The van der Waals surface area contributed by atoms with Gasteiger partial charge in [0.05, 0.1) is 5.92 Å². The number of carbonyl (C=O) groups is 1. The Bertz CT molecular complexity index is 151. The molecule has 1 saturated heterocycles. The summed E-state index contributed by atoms with van der Waals surface area (Å²) in [5.74, 6) is 1.77. The minimum Gasteiger partial charge on any atom is -0.369 e. The van der Waals surface area contributed by atoms with E-state index in [0.29, 0.717) is 6.04 Å². The van der Waals surface area contributed by atoms with Gasteiger partial charge in [0.2, 0.25) is 5.91 Å². The number of carbonyl (C=O) groups excluding carboxylic acids is 1. The molecular weight excluding hydrogens is 160 g/mol. The van der Waals surface area contributed by atoms with Crippen molar-refractivity contribution in [1.29, 1.82) is 0 Å². The zero-order valence-electron chi connectivity index (χ0n) is 6.67. The van der Waals surface area contributed by atoms with Crippen molar-refractivity contribution < 1.29 is 4.79 Å². The van der Waals surface area contributed by atoms with Crippen molar-refractivity contribution in [3.8, 4) is 0 Å². The average Bonchev–Trinajstić information content (AvgIpc) is 2.36. The zero-order chi connectivity index (χ0) is 8.27. The summed E-state index contributed by atoms with van der Waals surface area (Å²) in [4.78, 5) is 10.9. The maximum Gasteiger partial charge on any atom is 0.222 e. The third-order valence-electron chi connectivity index (χ3n) is 1.91. The van der Waals surface area contributed by atoms with Crippen molar-refractivity contribution in [2.75, 3.05) is 18.1 Å². The molecule has 0 saturated carbocycles. The monoisotopic (exact) mass is 174 g/mol. The van der Waals surface area contributed by atoms with Crippen molar-refractivity contribution in [3.05, 3.63) is 0 Å². The second-order valence-corrected chi connectivity index (χ2v) is 3.79. The first-order valence-electron chi connectivity index (χ1n) is 3.86. The number of rotatable bonds is 3. The van der Waals surface area contributed by atoms with E-state index in [4.69, 9.17) is 5.73 Å². The highest BCUT2D eigenvalue weighted by molar-refractivity contribution is 7.99. The fraction of sp³-hybridized carbons (Fsp3) is 0.857. The van der Waals surface area contributed by atoms with E-state index in [2.05, 4.69) is 5.32 Å². The summed E-state index contributed by atoms with van der Waals surface area (Å²) in [6.45, 7) is 2.95. The highest BCUT2D eigenvalue weighted by Gasteiger charge is 2.30. The first kappa shape index (κ1) is 8.87. The van der Waals surface area contributed by atoms with Crippen LogP contribution in [0, 0.1) is 5.92 Å². The molecule has 11 heavy (non-hydrogen) atoms. The van der Waals surface area contributed by atoms with Crippen molar-refractivity contribution in [2.45, 2.75) is 13.0 Å². The molecule has 3 N–H and O–H groups in total. The summed E-state index contributed by atoms with van der Waals surface area (Å²) in [7, 11) is 0. The predicted octanol–water partition coefficient (Wildman–Crippen LogP) is -0.187. The molecule has 1 fully saturated rings. The summed E-state index contributed by atoms with van der Waals surface area (Å²) in [6.07, 6.45) is 0. The van der Waals surface area contributed by atoms with E-state index < -0.39 is 0 Å². The summed E-state index contributed by atoms with van der Waals surface area (Å²) >= 11 is 1.80. The van der Waals surface area contributed by atoms with E-state index >= 15 is 0 Å². The van der Waals surface area contributed by atoms with Crippen LogP contribution >= 0.6 is 11.8 Å². The van der Waals surface area contributed by atoms with Crippen LogP contribution in [0.3, 0.4) is 0 Å². The highest BCUT2D eigenvalue weighted by atomic mass is 32.2. The van der Waals surface area contributed by atoms with E-state index in [0.717, 1.165) is 18.1 Å². The number of hydrogen-bond donors (Lipinski definition) is 2. The molecule has 3 nitrogen and oxygen atoms in total. The van der Waals surface area contributed by atoms with E-state index in [1.54, 1.807) is 11.8 Å². The number of nitrogens with one attached hydrogen (secondary N) is 1. The Balaban J connectivity index is 2.44. The topological polar surface area (TPSA) is 55.1 Å². The molecule has 2 atom stereocenters. The summed E-state index contributed by atoms with van der Waals surface area (Å²) in [6, 6.07) is 0.308. The van der Waals surface area contributed by atoms with Gasteiger partial charge in [-0.1, -0.05) is 6.92 Å². The molecule has 0 aromatic rings. The fourth-order valence-electron chi connectivity index (χ4n) is 1.30. The van der Waals surface area contributed by atoms with Gasteiger partial charge in [0.1, 0.15) is 0 Å². The van der Waals surface area contributed by atoms with Crippen LogP contribution < -0.4 is 11.1 Å². The van der Waals surface area contributed by atoms with Crippen LogP contribution in [-0.2, 0) is 4.79 Å². The molecule has 1 rings (SSSR count). The summed E-state index contributed by atoms with van der Waals surface area (Å²) < 4.78 is 0. The first-order valence-corrected chi connectivity index (χ1v) is 5.01. The molecule has 0 radical (unpaired) electrons. The minimum atomic E-state index is -0.166. The van der Waals surface area contributed by atoms with Gasteiger partial charge in [0.15, 0.2) is 0 Å². The largest absolute Gasteiger partial charge is 0.369 e. The summed E-state index contributed by atoms with van der Waals surface area (Å²) in [5.41, 5.74) is 5.23. The lowest BCUT2D eigenvalue weighted by Crippen LogP contribution is -2.41. The van der Waals surface area contributed by atoms with Gasteiger partial charge in [-0.2, -0.15) is 11.8 Å². The highest BCUT2D eigenvalue weighted by Crippen LogP contribution is 2.23. The van der Waals surface area contributed by atoms with Crippen LogP contribution in [0.4, 0.5) is 0 Å². The van der Waals surface area contributed by atoms with Crippen molar-refractivity contribution in [3.63, 3.8) is 0 Å². The van der Waals surface area contributed by atoms with Gasteiger partial charge in [-0.25, -0.2) is 0 Å². The Kier molecular flexibility index (Phi) is 3.20. The molecule has 0 spiro atoms. The molecule has 1 aliphatic heterocycles. The van der Waals surface area contributed by atoms with Gasteiger partial charge in [0, 0.05) is 17.5 Å². The summed E-state index contributed by atoms with van der Waals surface area (Å²) in [5, 5.41) is 3.25. The zero-order valence-corrected chi connectivity index (χ0v) is 7.49. The molecule has 0 aliphatic carbocycles. The van der Waals surface area contributed by atoms with Crippen LogP contribution in [0.1, 0.15) is 6.92 Å². The molecule has 4 heteroatoms. The number of nitrogens with two attached hydrogens (primary N) is 1. The first-order chi connectivity index (χ1) is 5.25. The Morgan fingerprint density at radius 3 is 3.00 bits per heavy atom. The fourth-order valence-corrected chi connectivity index (χ4v) is 2.69. The Hall–Kier alpha value is -0.220.